The lowest BCUT2D eigenvalue weighted by atomic mass is 10.2. The summed E-state index contributed by atoms with van der Waals surface area (Å²) in [5.41, 5.74) is 7.27. The van der Waals surface area contributed by atoms with Crippen LogP contribution in [0.15, 0.2) is 109 Å². The Bertz CT molecular complexity index is 1480. The van der Waals surface area contributed by atoms with Crippen molar-refractivity contribution in [2.75, 3.05) is 14.2 Å². The van der Waals surface area contributed by atoms with Gasteiger partial charge in [-0.15, -0.1) is 0 Å². The van der Waals surface area contributed by atoms with Crippen molar-refractivity contribution in [2.24, 2.45) is 0 Å². The van der Waals surface area contributed by atoms with Gasteiger partial charge in [0.15, 0.2) is 0 Å². The Hall–Kier alpha value is -4.44. The SMILES string of the molecule is COc1ccc(-n2c(C)cc3ccccc32)cc1.COc1ccc(-n2c(C)cc3ccccc32)cc1. The lowest BCUT2D eigenvalue weighted by Gasteiger charge is -2.09. The molecule has 6 rings (SSSR count). The largest absolute Gasteiger partial charge is 0.497 e. The van der Waals surface area contributed by atoms with Crippen molar-refractivity contribution in [3.8, 4) is 22.9 Å². The van der Waals surface area contributed by atoms with Gasteiger partial charge in [0.05, 0.1) is 25.3 Å². The Morgan fingerprint density at radius 2 is 0.833 bits per heavy atom. The highest BCUT2D eigenvalue weighted by Crippen LogP contribution is 2.26. The van der Waals surface area contributed by atoms with Crippen LogP contribution < -0.4 is 9.47 Å². The summed E-state index contributed by atoms with van der Waals surface area (Å²) in [5, 5.41) is 2.54. The maximum Gasteiger partial charge on any atom is 0.119 e. The smallest absolute Gasteiger partial charge is 0.119 e. The molecule has 0 spiro atoms. The second-order valence-electron chi connectivity index (χ2n) is 8.76. The van der Waals surface area contributed by atoms with Gasteiger partial charge in [-0.2, -0.15) is 0 Å². The van der Waals surface area contributed by atoms with Gasteiger partial charge in [0.1, 0.15) is 11.5 Å². The summed E-state index contributed by atoms with van der Waals surface area (Å²) >= 11 is 0. The van der Waals surface area contributed by atoms with Gasteiger partial charge in [-0.3, -0.25) is 0 Å². The van der Waals surface area contributed by atoms with Crippen LogP contribution in [0.3, 0.4) is 0 Å². The summed E-state index contributed by atoms with van der Waals surface area (Å²) in [6, 6.07) is 37.6. The summed E-state index contributed by atoms with van der Waals surface area (Å²) in [7, 11) is 3.37. The van der Waals surface area contributed by atoms with Crippen LogP contribution in [0.1, 0.15) is 11.4 Å². The van der Waals surface area contributed by atoms with Crippen LogP contribution in [0.5, 0.6) is 11.5 Å². The fourth-order valence-electron chi connectivity index (χ4n) is 4.73. The van der Waals surface area contributed by atoms with E-state index in [0.717, 1.165) is 22.9 Å². The highest BCUT2D eigenvalue weighted by molar-refractivity contribution is 5.84. The van der Waals surface area contributed by atoms with E-state index in [0.29, 0.717) is 0 Å². The van der Waals surface area contributed by atoms with Crippen LogP contribution in [-0.4, -0.2) is 23.4 Å². The molecule has 0 amide bonds. The molecular formula is C32H30N2O2. The fraction of sp³-hybridized carbons (Fsp3) is 0.125. The van der Waals surface area contributed by atoms with Crippen molar-refractivity contribution in [1.82, 2.24) is 9.13 Å². The lowest BCUT2D eigenvalue weighted by Crippen LogP contribution is -1.95. The van der Waals surface area contributed by atoms with E-state index < -0.39 is 0 Å². The lowest BCUT2D eigenvalue weighted by molar-refractivity contribution is 0.414. The first-order valence-electron chi connectivity index (χ1n) is 12.0. The number of hydrogen-bond acceptors (Lipinski definition) is 2. The first kappa shape index (κ1) is 23.3. The van der Waals surface area contributed by atoms with Crippen molar-refractivity contribution in [3.63, 3.8) is 0 Å². The van der Waals surface area contributed by atoms with Crippen molar-refractivity contribution < 1.29 is 9.47 Å². The van der Waals surface area contributed by atoms with E-state index in [-0.39, 0.29) is 0 Å². The van der Waals surface area contributed by atoms with Gasteiger partial charge in [0.2, 0.25) is 0 Å². The molecule has 6 aromatic rings. The van der Waals surface area contributed by atoms with Gasteiger partial charge < -0.3 is 18.6 Å². The molecule has 0 fully saturated rings. The van der Waals surface area contributed by atoms with Crippen LogP contribution in [-0.2, 0) is 0 Å². The third-order valence-electron chi connectivity index (χ3n) is 6.45. The minimum atomic E-state index is 0.882. The van der Waals surface area contributed by atoms with Crippen molar-refractivity contribution in [2.45, 2.75) is 13.8 Å². The zero-order valence-corrected chi connectivity index (χ0v) is 21.1. The number of ether oxygens (including phenoxy) is 2. The summed E-state index contributed by atoms with van der Waals surface area (Å²) in [6.07, 6.45) is 0. The molecule has 0 aliphatic rings. The Kier molecular flexibility index (Phi) is 6.50. The summed E-state index contributed by atoms with van der Waals surface area (Å²) in [5.74, 6) is 1.76. The van der Waals surface area contributed by atoms with Crippen LogP contribution in [0.2, 0.25) is 0 Å². The molecule has 4 heteroatoms. The second kappa shape index (κ2) is 10.0. The molecule has 0 radical (unpaired) electrons. The molecule has 0 saturated heterocycles. The number of para-hydroxylation sites is 2. The van der Waals surface area contributed by atoms with E-state index in [4.69, 9.17) is 9.47 Å². The Labute approximate surface area is 211 Å². The number of nitrogens with zero attached hydrogens (tertiary/aromatic N) is 2. The zero-order chi connectivity index (χ0) is 25.1. The van der Waals surface area contributed by atoms with E-state index >= 15 is 0 Å². The summed E-state index contributed by atoms with van der Waals surface area (Å²) < 4.78 is 14.9. The average Bonchev–Trinajstić information content (AvgIpc) is 3.44. The van der Waals surface area contributed by atoms with Gasteiger partial charge in [0, 0.05) is 33.5 Å². The Balaban J connectivity index is 0.000000148. The predicted molar refractivity (Wildman–Crippen MR) is 149 cm³/mol. The molecular weight excluding hydrogens is 444 g/mol. The minimum absolute atomic E-state index is 0.882. The zero-order valence-electron chi connectivity index (χ0n) is 21.1. The van der Waals surface area contributed by atoms with Gasteiger partial charge >= 0.3 is 0 Å². The van der Waals surface area contributed by atoms with Crippen molar-refractivity contribution >= 4 is 21.8 Å². The van der Waals surface area contributed by atoms with E-state index in [2.05, 4.69) is 108 Å². The highest BCUT2D eigenvalue weighted by atomic mass is 16.5. The number of benzene rings is 4. The third kappa shape index (κ3) is 4.46. The standard InChI is InChI=1S/2C16H15NO/c2*1-12-11-13-5-3-4-6-16(13)17(12)14-7-9-15(18-2)10-8-14/h2*3-11H,1-2H3. The van der Waals surface area contributed by atoms with Gasteiger partial charge in [-0.1, -0.05) is 36.4 Å². The van der Waals surface area contributed by atoms with Crippen LogP contribution in [0, 0.1) is 13.8 Å². The maximum atomic E-state index is 5.19. The number of rotatable bonds is 4. The first-order valence-corrected chi connectivity index (χ1v) is 12.0. The minimum Gasteiger partial charge on any atom is -0.497 e. The van der Waals surface area contributed by atoms with Crippen LogP contribution in [0.4, 0.5) is 0 Å². The molecule has 2 heterocycles. The molecule has 0 atom stereocenters. The average molecular weight is 475 g/mol. The molecule has 0 aliphatic heterocycles. The molecule has 36 heavy (non-hydrogen) atoms. The Morgan fingerprint density at radius 1 is 0.472 bits per heavy atom. The Morgan fingerprint density at radius 3 is 1.19 bits per heavy atom. The fourth-order valence-corrected chi connectivity index (χ4v) is 4.73. The number of hydrogen-bond donors (Lipinski definition) is 0. The van der Waals surface area contributed by atoms with Crippen molar-refractivity contribution in [3.05, 3.63) is 121 Å². The molecule has 180 valence electrons. The summed E-state index contributed by atoms with van der Waals surface area (Å²) in [6.45, 7) is 4.26. The molecule has 0 unspecified atom stereocenters. The van der Waals surface area contributed by atoms with Gasteiger partial charge in [-0.25, -0.2) is 0 Å². The monoisotopic (exact) mass is 474 g/mol. The molecule has 4 aromatic carbocycles. The predicted octanol–water partition coefficient (Wildman–Crippen LogP) is 7.90. The van der Waals surface area contributed by atoms with E-state index in [1.54, 1.807) is 14.2 Å². The highest BCUT2D eigenvalue weighted by Gasteiger charge is 2.08. The summed E-state index contributed by atoms with van der Waals surface area (Å²) in [4.78, 5) is 0. The van der Waals surface area contributed by atoms with E-state index in [1.165, 1.54) is 33.2 Å². The maximum absolute atomic E-state index is 5.19. The topological polar surface area (TPSA) is 28.3 Å². The van der Waals surface area contributed by atoms with Crippen molar-refractivity contribution in [1.29, 1.82) is 0 Å². The molecule has 0 saturated carbocycles. The number of fused-ring (bicyclic) bond motifs is 2. The van der Waals surface area contributed by atoms with Crippen LogP contribution >= 0.6 is 0 Å². The number of aromatic nitrogens is 2. The van der Waals surface area contributed by atoms with Crippen LogP contribution in [0.25, 0.3) is 33.2 Å². The molecule has 0 N–H and O–H groups in total. The molecule has 0 bridgehead atoms. The normalized spacial score (nSPS) is 10.8. The molecule has 0 aliphatic carbocycles. The quantitative estimate of drug-likeness (QED) is 0.260. The third-order valence-corrected chi connectivity index (χ3v) is 6.45. The molecule has 4 nitrogen and oxygen atoms in total. The van der Waals surface area contributed by atoms with E-state index in [1.807, 2.05) is 24.3 Å². The van der Waals surface area contributed by atoms with Gasteiger partial charge in [0.25, 0.3) is 0 Å². The van der Waals surface area contributed by atoms with Gasteiger partial charge in [-0.05, 0) is 86.6 Å². The number of aryl methyl sites for hydroxylation is 2. The first-order chi connectivity index (χ1) is 17.6. The van der Waals surface area contributed by atoms with E-state index in [9.17, 15) is 0 Å². The molecule has 2 aromatic heterocycles. The second-order valence-corrected chi connectivity index (χ2v) is 8.76. The number of methoxy groups -OCH3 is 2.